The fraction of sp³-hybridized carbons (Fsp3) is 0.562. The van der Waals surface area contributed by atoms with Crippen LogP contribution in [0.4, 0.5) is 5.69 Å². The molecule has 0 unspecified atom stereocenters. The molecule has 0 heterocycles. The predicted molar refractivity (Wildman–Crippen MR) is 78.5 cm³/mol. The van der Waals surface area contributed by atoms with Gasteiger partial charge >= 0.3 is 5.97 Å². The van der Waals surface area contributed by atoms with Crippen LogP contribution in [-0.4, -0.2) is 19.2 Å². The van der Waals surface area contributed by atoms with E-state index in [-0.39, 0.29) is 12.4 Å². The number of esters is 1. The third-order valence-corrected chi connectivity index (χ3v) is 3.69. The highest BCUT2D eigenvalue weighted by atomic mass is 16.5. The molecule has 0 atom stereocenters. The molecular formula is C16H23NO3. The van der Waals surface area contributed by atoms with Crippen LogP contribution in [-0.2, 0) is 9.53 Å². The van der Waals surface area contributed by atoms with E-state index in [2.05, 4.69) is 0 Å². The highest BCUT2D eigenvalue weighted by Gasteiger charge is 2.15. The van der Waals surface area contributed by atoms with Crippen molar-refractivity contribution < 1.29 is 14.3 Å². The molecule has 1 aliphatic carbocycles. The summed E-state index contributed by atoms with van der Waals surface area (Å²) in [5.74, 6) is 0.982. The second-order valence-corrected chi connectivity index (χ2v) is 5.32. The van der Waals surface area contributed by atoms with E-state index in [9.17, 15) is 4.79 Å². The largest absolute Gasteiger partial charge is 0.491 e. The minimum atomic E-state index is -0.190. The lowest BCUT2D eigenvalue weighted by Gasteiger charge is -2.21. The summed E-state index contributed by atoms with van der Waals surface area (Å²) in [4.78, 5) is 11.6. The van der Waals surface area contributed by atoms with Gasteiger partial charge in [-0.3, -0.25) is 4.79 Å². The lowest BCUT2D eigenvalue weighted by molar-refractivity contribution is -0.145. The van der Waals surface area contributed by atoms with Gasteiger partial charge in [-0.05, 0) is 30.9 Å². The Morgan fingerprint density at radius 3 is 2.70 bits per heavy atom. The van der Waals surface area contributed by atoms with Gasteiger partial charge in [0.1, 0.15) is 5.75 Å². The van der Waals surface area contributed by atoms with Crippen LogP contribution in [0, 0.1) is 5.92 Å². The molecule has 0 radical (unpaired) electrons. The van der Waals surface area contributed by atoms with Crippen LogP contribution in [0.1, 0.15) is 38.5 Å². The predicted octanol–water partition coefficient (Wildman–Crippen LogP) is 3.16. The summed E-state index contributed by atoms with van der Waals surface area (Å²) in [6.07, 6.45) is 6.48. The van der Waals surface area contributed by atoms with Gasteiger partial charge in [0.25, 0.3) is 0 Å². The van der Waals surface area contributed by atoms with Crippen molar-refractivity contribution in [3.8, 4) is 5.75 Å². The van der Waals surface area contributed by atoms with Gasteiger partial charge in [-0.25, -0.2) is 0 Å². The minimum absolute atomic E-state index is 0.190. The molecule has 0 saturated heterocycles. The molecule has 1 aromatic carbocycles. The van der Waals surface area contributed by atoms with E-state index in [1.54, 1.807) is 12.1 Å². The van der Waals surface area contributed by atoms with Crippen molar-refractivity contribution in [2.45, 2.75) is 38.5 Å². The first-order chi connectivity index (χ1) is 9.75. The fourth-order valence-electron chi connectivity index (χ4n) is 2.49. The highest BCUT2D eigenvalue weighted by molar-refractivity contribution is 5.69. The number of rotatable bonds is 6. The maximum Gasteiger partial charge on any atom is 0.309 e. The molecule has 1 aromatic rings. The lowest BCUT2D eigenvalue weighted by atomic mass is 9.90. The van der Waals surface area contributed by atoms with E-state index in [1.807, 2.05) is 12.1 Å². The Labute approximate surface area is 120 Å². The molecular weight excluding hydrogens is 254 g/mol. The Morgan fingerprint density at radius 1 is 1.20 bits per heavy atom. The number of hydrogen-bond acceptors (Lipinski definition) is 4. The van der Waals surface area contributed by atoms with Crippen LogP contribution in [0.15, 0.2) is 24.3 Å². The van der Waals surface area contributed by atoms with Crippen LogP contribution < -0.4 is 10.5 Å². The summed E-state index contributed by atoms with van der Waals surface area (Å²) in [6, 6.07) is 7.27. The van der Waals surface area contributed by atoms with E-state index in [4.69, 9.17) is 15.2 Å². The van der Waals surface area contributed by atoms with Crippen LogP contribution >= 0.6 is 0 Å². The number of ether oxygens (including phenoxy) is 2. The summed E-state index contributed by atoms with van der Waals surface area (Å²) in [6.45, 7) is 0.865. The molecule has 1 aliphatic rings. The molecule has 1 saturated carbocycles. The SMILES string of the molecule is Nc1ccccc1OCCC(=O)OCC1CCCCC1. The van der Waals surface area contributed by atoms with Crippen LogP contribution in [0.2, 0.25) is 0 Å². The highest BCUT2D eigenvalue weighted by Crippen LogP contribution is 2.24. The first-order valence-corrected chi connectivity index (χ1v) is 7.38. The van der Waals surface area contributed by atoms with Crippen molar-refractivity contribution >= 4 is 11.7 Å². The van der Waals surface area contributed by atoms with E-state index in [0.717, 1.165) is 0 Å². The number of carbonyl (C=O) groups is 1. The topological polar surface area (TPSA) is 61.5 Å². The number of nitrogens with two attached hydrogens (primary N) is 1. The van der Waals surface area contributed by atoms with Crippen LogP contribution in [0.3, 0.4) is 0 Å². The quantitative estimate of drug-likeness (QED) is 0.641. The monoisotopic (exact) mass is 277 g/mol. The van der Waals surface area contributed by atoms with Gasteiger partial charge in [0.2, 0.25) is 0 Å². The third-order valence-electron chi connectivity index (χ3n) is 3.69. The molecule has 4 nitrogen and oxygen atoms in total. The molecule has 0 spiro atoms. The Bertz CT molecular complexity index is 427. The van der Waals surface area contributed by atoms with Crippen molar-refractivity contribution in [3.63, 3.8) is 0 Å². The van der Waals surface area contributed by atoms with E-state index < -0.39 is 0 Å². The third kappa shape index (κ3) is 4.76. The van der Waals surface area contributed by atoms with Gasteiger partial charge in [0.05, 0.1) is 25.3 Å². The summed E-state index contributed by atoms with van der Waals surface area (Å²) in [5.41, 5.74) is 6.34. The number of carbonyl (C=O) groups excluding carboxylic acids is 1. The normalized spacial score (nSPS) is 15.8. The molecule has 2 rings (SSSR count). The summed E-state index contributed by atoms with van der Waals surface area (Å²) < 4.78 is 10.8. The average Bonchev–Trinajstić information content (AvgIpc) is 2.48. The summed E-state index contributed by atoms with van der Waals surface area (Å²) >= 11 is 0. The zero-order valence-corrected chi connectivity index (χ0v) is 11.8. The summed E-state index contributed by atoms with van der Waals surface area (Å²) in [7, 11) is 0. The molecule has 110 valence electrons. The van der Waals surface area contributed by atoms with Gasteiger partial charge in [-0.2, -0.15) is 0 Å². The zero-order chi connectivity index (χ0) is 14.2. The fourth-order valence-corrected chi connectivity index (χ4v) is 2.49. The zero-order valence-electron chi connectivity index (χ0n) is 11.8. The number of benzene rings is 1. The number of para-hydroxylation sites is 2. The molecule has 0 bridgehead atoms. The van der Waals surface area contributed by atoms with Crippen LogP contribution in [0.5, 0.6) is 5.75 Å². The van der Waals surface area contributed by atoms with Crippen molar-refractivity contribution in [2.24, 2.45) is 5.92 Å². The number of anilines is 1. The van der Waals surface area contributed by atoms with Crippen molar-refractivity contribution in [1.82, 2.24) is 0 Å². The number of hydrogen-bond donors (Lipinski definition) is 1. The molecule has 1 fully saturated rings. The number of nitrogen functional groups attached to an aromatic ring is 1. The smallest absolute Gasteiger partial charge is 0.309 e. The lowest BCUT2D eigenvalue weighted by Crippen LogP contribution is -2.18. The minimum Gasteiger partial charge on any atom is -0.491 e. The summed E-state index contributed by atoms with van der Waals surface area (Å²) in [5, 5.41) is 0. The maximum absolute atomic E-state index is 11.6. The van der Waals surface area contributed by atoms with Gasteiger partial charge in [-0.15, -0.1) is 0 Å². The standard InChI is InChI=1S/C16H23NO3/c17-14-8-4-5-9-15(14)19-11-10-16(18)20-12-13-6-2-1-3-7-13/h4-5,8-9,13H,1-3,6-7,10-12,17H2. The first kappa shape index (κ1) is 14.7. The molecule has 4 heteroatoms. The molecule has 0 aliphatic heterocycles. The first-order valence-electron chi connectivity index (χ1n) is 7.38. The average molecular weight is 277 g/mol. The molecule has 0 aromatic heterocycles. The Balaban J connectivity index is 1.61. The van der Waals surface area contributed by atoms with Gasteiger partial charge in [0.15, 0.2) is 0 Å². The van der Waals surface area contributed by atoms with E-state index in [1.165, 1.54) is 32.1 Å². The van der Waals surface area contributed by atoms with E-state index in [0.29, 0.717) is 30.6 Å². The van der Waals surface area contributed by atoms with Crippen molar-refractivity contribution in [3.05, 3.63) is 24.3 Å². The second kappa shape index (κ2) is 7.78. The Morgan fingerprint density at radius 2 is 1.95 bits per heavy atom. The second-order valence-electron chi connectivity index (χ2n) is 5.32. The van der Waals surface area contributed by atoms with Gasteiger partial charge in [0, 0.05) is 0 Å². The van der Waals surface area contributed by atoms with E-state index >= 15 is 0 Å². The van der Waals surface area contributed by atoms with Crippen LogP contribution in [0.25, 0.3) is 0 Å². The van der Waals surface area contributed by atoms with Gasteiger partial charge < -0.3 is 15.2 Å². The van der Waals surface area contributed by atoms with Crippen molar-refractivity contribution in [1.29, 1.82) is 0 Å². The Hall–Kier alpha value is -1.71. The molecule has 0 amide bonds. The maximum atomic E-state index is 11.6. The Kier molecular flexibility index (Phi) is 5.71. The van der Waals surface area contributed by atoms with Gasteiger partial charge in [-0.1, -0.05) is 31.4 Å². The molecule has 20 heavy (non-hydrogen) atoms. The molecule has 2 N–H and O–H groups in total. The van der Waals surface area contributed by atoms with Crippen molar-refractivity contribution in [2.75, 3.05) is 18.9 Å².